The number of benzene rings is 2. The minimum absolute atomic E-state index is 0.195. The van der Waals surface area contributed by atoms with Crippen LogP contribution in [0.15, 0.2) is 48.5 Å². The number of likely N-dealkylation sites (tertiary alicyclic amines) is 1. The van der Waals surface area contributed by atoms with E-state index < -0.39 is 5.97 Å². The van der Waals surface area contributed by atoms with E-state index in [9.17, 15) is 9.59 Å². The van der Waals surface area contributed by atoms with Crippen molar-refractivity contribution in [2.45, 2.75) is 33.2 Å². The summed E-state index contributed by atoms with van der Waals surface area (Å²) in [5.74, 6) is 0.165. The molecule has 0 radical (unpaired) electrons. The standard InChI is InChI=1S/C23H28N2O3/c1-3-28-23(27)20-7-4-8-21(14-20)24-22(26)19-11-9-18(10-12-19)16-25-13-5-6-17(2)15-25/h4,7-12,14,17H,3,5-6,13,15-16H2,1-2H3,(H,24,26)/t17-/m1/s1. The minimum Gasteiger partial charge on any atom is -0.462 e. The molecule has 1 N–H and O–H groups in total. The molecule has 28 heavy (non-hydrogen) atoms. The highest BCUT2D eigenvalue weighted by molar-refractivity contribution is 6.04. The topological polar surface area (TPSA) is 58.6 Å². The molecule has 0 spiro atoms. The van der Waals surface area contributed by atoms with Crippen LogP contribution in [-0.2, 0) is 11.3 Å². The van der Waals surface area contributed by atoms with Crippen LogP contribution in [0.3, 0.4) is 0 Å². The van der Waals surface area contributed by atoms with E-state index in [1.54, 1.807) is 31.2 Å². The van der Waals surface area contributed by atoms with E-state index >= 15 is 0 Å². The number of esters is 1. The average molecular weight is 380 g/mol. The molecular formula is C23H28N2O3. The third-order valence-electron chi connectivity index (χ3n) is 5.00. The Morgan fingerprint density at radius 1 is 1.14 bits per heavy atom. The molecule has 1 aliphatic heterocycles. The third kappa shape index (κ3) is 5.42. The molecule has 1 aliphatic rings. The van der Waals surface area contributed by atoms with Gasteiger partial charge < -0.3 is 10.1 Å². The second-order valence-corrected chi connectivity index (χ2v) is 7.43. The fourth-order valence-electron chi connectivity index (χ4n) is 3.59. The first-order valence-electron chi connectivity index (χ1n) is 9.95. The first-order chi connectivity index (χ1) is 13.5. The molecule has 1 amide bonds. The van der Waals surface area contributed by atoms with Crippen LogP contribution in [-0.4, -0.2) is 36.5 Å². The largest absolute Gasteiger partial charge is 0.462 e. The maximum Gasteiger partial charge on any atom is 0.338 e. The molecule has 0 unspecified atom stereocenters. The number of rotatable bonds is 6. The SMILES string of the molecule is CCOC(=O)c1cccc(NC(=O)c2ccc(CN3CCC[C@@H](C)C3)cc2)c1. The molecule has 0 bridgehead atoms. The number of nitrogens with zero attached hydrogens (tertiary/aromatic N) is 1. The van der Waals surface area contributed by atoms with Crippen LogP contribution in [0.1, 0.15) is 53.0 Å². The molecule has 148 valence electrons. The number of carbonyl (C=O) groups excluding carboxylic acids is 2. The van der Waals surface area contributed by atoms with Crippen molar-refractivity contribution in [3.05, 3.63) is 65.2 Å². The summed E-state index contributed by atoms with van der Waals surface area (Å²) in [6, 6.07) is 14.5. The van der Waals surface area contributed by atoms with Crippen molar-refractivity contribution in [3.8, 4) is 0 Å². The van der Waals surface area contributed by atoms with Crippen molar-refractivity contribution >= 4 is 17.6 Å². The number of anilines is 1. The second-order valence-electron chi connectivity index (χ2n) is 7.43. The first-order valence-corrected chi connectivity index (χ1v) is 9.95. The number of nitrogens with one attached hydrogen (secondary N) is 1. The smallest absolute Gasteiger partial charge is 0.338 e. The fraction of sp³-hybridized carbons (Fsp3) is 0.391. The number of amides is 1. The zero-order chi connectivity index (χ0) is 19.9. The van der Waals surface area contributed by atoms with Gasteiger partial charge in [-0.1, -0.05) is 25.1 Å². The van der Waals surface area contributed by atoms with E-state index in [-0.39, 0.29) is 5.91 Å². The van der Waals surface area contributed by atoms with E-state index in [4.69, 9.17) is 4.74 Å². The van der Waals surface area contributed by atoms with Gasteiger partial charge in [-0.15, -0.1) is 0 Å². The van der Waals surface area contributed by atoms with Gasteiger partial charge in [0.15, 0.2) is 0 Å². The van der Waals surface area contributed by atoms with Crippen molar-refractivity contribution in [1.82, 2.24) is 4.90 Å². The Bertz CT molecular complexity index is 817. The molecule has 1 heterocycles. The lowest BCUT2D eigenvalue weighted by Gasteiger charge is -2.30. The van der Waals surface area contributed by atoms with Crippen LogP contribution in [0.25, 0.3) is 0 Å². The lowest BCUT2D eigenvalue weighted by Crippen LogP contribution is -2.33. The van der Waals surface area contributed by atoms with Gasteiger partial charge in [-0.05, 0) is 68.1 Å². The number of carbonyl (C=O) groups is 2. The van der Waals surface area contributed by atoms with Gasteiger partial charge >= 0.3 is 5.97 Å². The van der Waals surface area contributed by atoms with Crippen LogP contribution >= 0.6 is 0 Å². The van der Waals surface area contributed by atoms with Gasteiger partial charge in [-0.3, -0.25) is 9.69 Å². The van der Waals surface area contributed by atoms with Crippen molar-refractivity contribution < 1.29 is 14.3 Å². The monoisotopic (exact) mass is 380 g/mol. The van der Waals surface area contributed by atoms with Crippen LogP contribution in [0.4, 0.5) is 5.69 Å². The summed E-state index contributed by atoms with van der Waals surface area (Å²) in [4.78, 5) is 26.8. The van der Waals surface area contributed by atoms with Gasteiger partial charge in [0.25, 0.3) is 5.91 Å². The minimum atomic E-state index is -0.394. The molecule has 5 heteroatoms. The molecule has 1 atom stereocenters. The quantitative estimate of drug-likeness (QED) is 0.757. The first kappa shape index (κ1) is 20.1. The van der Waals surface area contributed by atoms with E-state index in [0.29, 0.717) is 23.4 Å². The second kappa shape index (κ2) is 9.51. The zero-order valence-corrected chi connectivity index (χ0v) is 16.6. The summed E-state index contributed by atoms with van der Waals surface area (Å²) in [5, 5.41) is 2.85. The summed E-state index contributed by atoms with van der Waals surface area (Å²) in [7, 11) is 0. The molecule has 1 fully saturated rings. The molecule has 3 rings (SSSR count). The molecule has 0 aromatic heterocycles. The van der Waals surface area contributed by atoms with E-state index in [0.717, 1.165) is 25.6 Å². The Balaban J connectivity index is 1.60. The average Bonchev–Trinajstić information content (AvgIpc) is 2.69. The van der Waals surface area contributed by atoms with Crippen LogP contribution in [0.5, 0.6) is 0 Å². The Labute approximate surface area is 166 Å². The lowest BCUT2D eigenvalue weighted by molar-refractivity contribution is 0.0526. The highest BCUT2D eigenvalue weighted by Crippen LogP contribution is 2.18. The van der Waals surface area contributed by atoms with Crippen molar-refractivity contribution in [1.29, 1.82) is 0 Å². The van der Waals surface area contributed by atoms with Crippen LogP contribution in [0, 0.1) is 5.92 Å². The summed E-state index contributed by atoms with van der Waals surface area (Å²) in [6.07, 6.45) is 2.57. The maximum absolute atomic E-state index is 12.5. The summed E-state index contributed by atoms with van der Waals surface area (Å²) < 4.78 is 5.00. The zero-order valence-electron chi connectivity index (χ0n) is 16.6. The molecule has 1 saturated heterocycles. The third-order valence-corrected chi connectivity index (χ3v) is 5.00. The van der Waals surface area contributed by atoms with Crippen molar-refractivity contribution in [2.75, 3.05) is 25.0 Å². The summed E-state index contributed by atoms with van der Waals surface area (Å²) in [5.41, 5.74) is 2.81. The number of hydrogen-bond acceptors (Lipinski definition) is 4. The van der Waals surface area contributed by atoms with Crippen LogP contribution < -0.4 is 5.32 Å². The van der Waals surface area contributed by atoms with Gasteiger partial charge in [0, 0.05) is 24.3 Å². The molecular weight excluding hydrogens is 352 g/mol. The molecule has 0 saturated carbocycles. The Kier molecular flexibility index (Phi) is 6.82. The lowest BCUT2D eigenvalue weighted by atomic mass is 9.99. The molecule has 5 nitrogen and oxygen atoms in total. The van der Waals surface area contributed by atoms with E-state index in [1.165, 1.54) is 18.4 Å². The highest BCUT2D eigenvalue weighted by Gasteiger charge is 2.16. The Morgan fingerprint density at radius 3 is 2.64 bits per heavy atom. The number of hydrogen-bond donors (Lipinski definition) is 1. The van der Waals surface area contributed by atoms with E-state index in [2.05, 4.69) is 17.1 Å². The number of ether oxygens (including phenoxy) is 1. The predicted octanol–water partition coefficient (Wildman–Crippen LogP) is 4.35. The van der Waals surface area contributed by atoms with Crippen molar-refractivity contribution in [3.63, 3.8) is 0 Å². The predicted molar refractivity (Wildman–Crippen MR) is 110 cm³/mol. The normalized spacial score (nSPS) is 17.1. The van der Waals surface area contributed by atoms with Gasteiger partial charge in [0.2, 0.25) is 0 Å². The van der Waals surface area contributed by atoms with Gasteiger partial charge in [-0.25, -0.2) is 4.79 Å². The van der Waals surface area contributed by atoms with Crippen LogP contribution in [0.2, 0.25) is 0 Å². The van der Waals surface area contributed by atoms with Gasteiger partial charge in [0.05, 0.1) is 12.2 Å². The van der Waals surface area contributed by atoms with Gasteiger partial charge in [0.1, 0.15) is 0 Å². The van der Waals surface area contributed by atoms with E-state index in [1.807, 2.05) is 24.3 Å². The molecule has 0 aliphatic carbocycles. The Hall–Kier alpha value is -2.66. The summed E-state index contributed by atoms with van der Waals surface area (Å²) in [6.45, 7) is 7.59. The summed E-state index contributed by atoms with van der Waals surface area (Å²) >= 11 is 0. The van der Waals surface area contributed by atoms with Crippen molar-refractivity contribution in [2.24, 2.45) is 5.92 Å². The molecule has 2 aromatic carbocycles. The van der Waals surface area contributed by atoms with Gasteiger partial charge in [-0.2, -0.15) is 0 Å². The number of piperidine rings is 1. The highest BCUT2D eigenvalue weighted by atomic mass is 16.5. The Morgan fingerprint density at radius 2 is 1.93 bits per heavy atom. The molecule has 2 aromatic rings. The fourth-order valence-corrected chi connectivity index (χ4v) is 3.59. The maximum atomic E-state index is 12.5.